The van der Waals surface area contributed by atoms with E-state index in [1.807, 2.05) is 30.3 Å². The lowest BCUT2D eigenvalue weighted by molar-refractivity contribution is 0.0868. The number of ketones is 1. The van der Waals surface area contributed by atoms with Crippen molar-refractivity contribution in [2.24, 2.45) is 11.8 Å². The van der Waals surface area contributed by atoms with Crippen molar-refractivity contribution in [3.05, 3.63) is 35.9 Å². The van der Waals surface area contributed by atoms with E-state index in [0.29, 0.717) is 5.78 Å². The molecule has 1 fully saturated rings. The van der Waals surface area contributed by atoms with Crippen LogP contribution in [0.1, 0.15) is 43.0 Å². The summed E-state index contributed by atoms with van der Waals surface area (Å²) in [5, 5.41) is 0. The number of hydrogen-bond donors (Lipinski definition) is 0. The van der Waals surface area contributed by atoms with Crippen molar-refractivity contribution < 1.29 is 4.79 Å². The maximum atomic E-state index is 12.1. The van der Waals surface area contributed by atoms with Crippen LogP contribution in [-0.2, 0) is 0 Å². The lowest BCUT2D eigenvalue weighted by Gasteiger charge is -2.25. The summed E-state index contributed by atoms with van der Waals surface area (Å²) in [6.45, 7) is 2.25. The lowest BCUT2D eigenvalue weighted by Crippen LogP contribution is -2.21. The molecule has 1 unspecified atom stereocenters. The van der Waals surface area contributed by atoms with Gasteiger partial charge in [0.25, 0.3) is 0 Å². The summed E-state index contributed by atoms with van der Waals surface area (Å²) in [6, 6.07) is 9.71. The fraction of sp³-hybridized carbons (Fsp3) is 0.500. The first kappa shape index (κ1) is 10.4. The third-order valence-corrected chi connectivity index (χ3v) is 3.37. The molecular weight excluding hydrogens is 184 g/mol. The summed E-state index contributed by atoms with van der Waals surface area (Å²) in [4.78, 5) is 12.1. The van der Waals surface area contributed by atoms with E-state index >= 15 is 0 Å². The van der Waals surface area contributed by atoms with Crippen LogP contribution in [0.3, 0.4) is 0 Å². The molecule has 15 heavy (non-hydrogen) atoms. The van der Waals surface area contributed by atoms with Gasteiger partial charge in [-0.05, 0) is 18.8 Å². The standard InChI is InChI=1S/C14H18O/c1-11-6-5-9-13(10-11)14(15)12-7-3-2-4-8-12/h2-4,7-8,11,13H,5-6,9-10H2,1H3/t11-,13?/m0/s1. The van der Waals surface area contributed by atoms with E-state index in [0.717, 1.165) is 24.3 Å². The molecule has 0 amide bonds. The van der Waals surface area contributed by atoms with Gasteiger partial charge in [-0.25, -0.2) is 0 Å². The predicted molar refractivity (Wildman–Crippen MR) is 61.9 cm³/mol. The third-order valence-electron chi connectivity index (χ3n) is 3.37. The van der Waals surface area contributed by atoms with Gasteiger partial charge < -0.3 is 0 Å². The summed E-state index contributed by atoms with van der Waals surface area (Å²) in [6.07, 6.45) is 4.66. The number of carbonyl (C=O) groups is 1. The molecule has 2 rings (SSSR count). The van der Waals surface area contributed by atoms with Crippen molar-refractivity contribution in [2.75, 3.05) is 0 Å². The highest BCUT2D eigenvalue weighted by Gasteiger charge is 2.25. The number of benzene rings is 1. The van der Waals surface area contributed by atoms with E-state index in [-0.39, 0.29) is 5.92 Å². The van der Waals surface area contributed by atoms with Crippen LogP contribution in [-0.4, -0.2) is 5.78 Å². The predicted octanol–water partition coefficient (Wildman–Crippen LogP) is 3.70. The molecule has 0 saturated heterocycles. The Morgan fingerprint density at radius 1 is 1.20 bits per heavy atom. The van der Waals surface area contributed by atoms with E-state index in [2.05, 4.69) is 6.92 Å². The van der Waals surface area contributed by atoms with Gasteiger partial charge in [-0.2, -0.15) is 0 Å². The van der Waals surface area contributed by atoms with Gasteiger partial charge in [0.2, 0.25) is 0 Å². The molecule has 1 saturated carbocycles. The van der Waals surface area contributed by atoms with E-state index in [1.54, 1.807) is 0 Å². The van der Waals surface area contributed by atoms with Gasteiger partial charge in [0.05, 0.1) is 0 Å². The van der Waals surface area contributed by atoms with E-state index in [4.69, 9.17) is 0 Å². The zero-order valence-electron chi connectivity index (χ0n) is 9.28. The van der Waals surface area contributed by atoms with Crippen LogP contribution in [0.15, 0.2) is 30.3 Å². The highest BCUT2D eigenvalue weighted by molar-refractivity contribution is 5.97. The first-order chi connectivity index (χ1) is 7.27. The van der Waals surface area contributed by atoms with Gasteiger partial charge >= 0.3 is 0 Å². The summed E-state index contributed by atoms with van der Waals surface area (Å²) in [5.41, 5.74) is 0.886. The molecule has 0 radical (unpaired) electrons. The summed E-state index contributed by atoms with van der Waals surface area (Å²) < 4.78 is 0. The van der Waals surface area contributed by atoms with Crippen molar-refractivity contribution in [2.45, 2.75) is 32.6 Å². The molecule has 0 heterocycles. The average molecular weight is 202 g/mol. The van der Waals surface area contributed by atoms with Crippen LogP contribution >= 0.6 is 0 Å². The molecule has 1 aliphatic carbocycles. The Kier molecular flexibility index (Phi) is 3.20. The normalized spacial score (nSPS) is 26.2. The van der Waals surface area contributed by atoms with E-state index in [9.17, 15) is 4.79 Å². The summed E-state index contributed by atoms with van der Waals surface area (Å²) in [5.74, 6) is 1.34. The highest BCUT2D eigenvalue weighted by Crippen LogP contribution is 2.30. The van der Waals surface area contributed by atoms with Crippen LogP contribution in [0.4, 0.5) is 0 Å². The quantitative estimate of drug-likeness (QED) is 0.668. The first-order valence-corrected chi connectivity index (χ1v) is 5.86. The Morgan fingerprint density at radius 3 is 2.60 bits per heavy atom. The van der Waals surface area contributed by atoms with Crippen LogP contribution in [0.25, 0.3) is 0 Å². The molecule has 1 aromatic carbocycles. The van der Waals surface area contributed by atoms with Gasteiger partial charge in [-0.1, -0.05) is 50.1 Å². The molecule has 80 valence electrons. The van der Waals surface area contributed by atoms with Crippen molar-refractivity contribution in [3.63, 3.8) is 0 Å². The van der Waals surface area contributed by atoms with Crippen LogP contribution in [0, 0.1) is 11.8 Å². The second-order valence-electron chi connectivity index (χ2n) is 4.70. The number of hydrogen-bond acceptors (Lipinski definition) is 1. The molecule has 0 spiro atoms. The van der Waals surface area contributed by atoms with Crippen LogP contribution in [0.2, 0.25) is 0 Å². The first-order valence-electron chi connectivity index (χ1n) is 5.86. The Bertz CT molecular complexity index is 328. The lowest BCUT2D eigenvalue weighted by atomic mass is 9.79. The van der Waals surface area contributed by atoms with Crippen molar-refractivity contribution in [3.8, 4) is 0 Å². The summed E-state index contributed by atoms with van der Waals surface area (Å²) >= 11 is 0. The topological polar surface area (TPSA) is 17.1 Å². The Morgan fingerprint density at radius 2 is 1.93 bits per heavy atom. The molecule has 0 aromatic heterocycles. The van der Waals surface area contributed by atoms with Crippen molar-refractivity contribution >= 4 is 5.78 Å². The van der Waals surface area contributed by atoms with Crippen LogP contribution < -0.4 is 0 Å². The number of carbonyl (C=O) groups excluding carboxylic acids is 1. The van der Waals surface area contributed by atoms with Gasteiger partial charge in [0, 0.05) is 11.5 Å². The smallest absolute Gasteiger partial charge is 0.165 e. The van der Waals surface area contributed by atoms with Gasteiger partial charge in [-0.15, -0.1) is 0 Å². The monoisotopic (exact) mass is 202 g/mol. The minimum absolute atomic E-state index is 0.274. The molecule has 2 atom stereocenters. The molecule has 1 aromatic rings. The third kappa shape index (κ3) is 2.47. The molecule has 0 bridgehead atoms. The molecule has 0 N–H and O–H groups in total. The van der Waals surface area contributed by atoms with Crippen molar-refractivity contribution in [1.82, 2.24) is 0 Å². The fourth-order valence-electron chi connectivity index (χ4n) is 2.51. The molecule has 1 heteroatoms. The Balaban J connectivity index is 2.08. The van der Waals surface area contributed by atoms with Gasteiger partial charge in [0.15, 0.2) is 5.78 Å². The largest absolute Gasteiger partial charge is 0.294 e. The number of Topliss-reactive ketones (excluding diaryl/α,β-unsaturated/α-hetero) is 1. The summed E-state index contributed by atoms with van der Waals surface area (Å²) in [7, 11) is 0. The molecule has 1 nitrogen and oxygen atoms in total. The number of rotatable bonds is 2. The van der Waals surface area contributed by atoms with Crippen LogP contribution in [0.5, 0.6) is 0 Å². The fourth-order valence-corrected chi connectivity index (χ4v) is 2.51. The van der Waals surface area contributed by atoms with E-state index < -0.39 is 0 Å². The zero-order chi connectivity index (χ0) is 10.7. The zero-order valence-corrected chi connectivity index (χ0v) is 9.28. The molecular formula is C14H18O. The average Bonchev–Trinajstić information content (AvgIpc) is 2.29. The highest BCUT2D eigenvalue weighted by atomic mass is 16.1. The molecule has 0 aliphatic heterocycles. The van der Waals surface area contributed by atoms with Gasteiger partial charge in [-0.3, -0.25) is 4.79 Å². The maximum absolute atomic E-state index is 12.1. The van der Waals surface area contributed by atoms with E-state index in [1.165, 1.54) is 12.8 Å². The second kappa shape index (κ2) is 4.61. The second-order valence-corrected chi connectivity index (χ2v) is 4.70. The Labute approximate surface area is 91.5 Å². The SMILES string of the molecule is C[C@H]1CCCC(C(=O)c2ccccc2)C1. The minimum Gasteiger partial charge on any atom is -0.294 e. The Hall–Kier alpha value is -1.11. The van der Waals surface area contributed by atoms with Gasteiger partial charge in [0.1, 0.15) is 0 Å². The minimum atomic E-state index is 0.274. The maximum Gasteiger partial charge on any atom is 0.165 e. The van der Waals surface area contributed by atoms with Crippen molar-refractivity contribution in [1.29, 1.82) is 0 Å². The molecule has 1 aliphatic rings.